The van der Waals surface area contributed by atoms with Gasteiger partial charge in [-0.15, -0.1) is 0 Å². The van der Waals surface area contributed by atoms with Crippen molar-refractivity contribution in [1.82, 2.24) is 0 Å². The maximum atomic E-state index is 12.0. The van der Waals surface area contributed by atoms with Crippen LogP contribution in [0.1, 0.15) is 30.4 Å². The minimum atomic E-state index is 0.0608. The zero-order valence-electron chi connectivity index (χ0n) is 11.4. The molecule has 0 spiro atoms. The molecule has 1 N–H and O–H groups in total. The predicted octanol–water partition coefficient (Wildman–Crippen LogP) is 4.13. The molecule has 2 heteroatoms. The van der Waals surface area contributed by atoms with Crippen molar-refractivity contribution in [2.24, 2.45) is 0 Å². The first-order valence-electron chi connectivity index (χ1n) is 6.57. The van der Waals surface area contributed by atoms with Crippen LogP contribution in [0, 0.1) is 6.92 Å². The van der Waals surface area contributed by atoms with Gasteiger partial charge in [-0.3, -0.25) is 4.79 Å². The Labute approximate surface area is 114 Å². The van der Waals surface area contributed by atoms with E-state index in [2.05, 4.69) is 24.4 Å². The van der Waals surface area contributed by atoms with E-state index in [0.717, 1.165) is 11.3 Å². The Balaban J connectivity index is 1.97. The minimum absolute atomic E-state index is 0.0608. The lowest BCUT2D eigenvalue weighted by Gasteiger charge is -2.13. The van der Waals surface area contributed by atoms with Crippen molar-refractivity contribution in [1.29, 1.82) is 0 Å². The first-order valence-corrected chi connectivity index (χ1v) is 6.57. The number of carbonyl (C=O) groups is 1. The smallest absolute Gasteiger partial charge is 0.224 e. The fourth-order valence-corrected chi connectivity index (χ4v) is 2.09. The van der Waals surface area contributed by atoms with Crippen LogP contribution in [0.5, 0.6) is 0 Å². The highest BCUT2D eigenvalue weighted by molar-refractivity contribution is 5.91. The van der Waals surface area contributed by atoms with E-state index >= 15 is 0 Å². The molecular formula is C17H19NO. The molecule has 98 valence electrons. The number of anilines is 1. The van der Waals surface area contributed by atoms with E-state index in [1.54, 1.807) is 0 Å². The summed E-state index contributed by atoms with van der Waals surface area (Å²) in [5, 5.41) is 2.97. The monoisotopic (exact) mass is 253 g/mol. The van der Waals surface area contributed by atoms with Crippen LogP contribution in [0.3, 0.4) is 0 Å². The van der Waals surface area contributed by atoms with Gasteiger partial charge >= 0.3 is 0 Å². The summed E-state index contributed by atoms with van der Waals surface area (Å²) < 4.78 is 0. The molecule has 0 bridgehead atoms. The van der Waals surface area contributed by atoms with Crippen molar-refractivity contribution in [3.63, 3.8) is 0 Å². The number of carbonyl (C=O) groups excluding carboxylic acids is 1. The van der Waals surface area contributed by atoms with Crippen molar-refractivity contribution in [3.05, 3.63) is 65.7 Å². The summed E-state index contributed by atoms with van der Waals surface area (Å²) in [4.78, 5) is 12.0. The summed E-state index contributed by atoms with van der Waals surface area (Å²) in [5.41, 5.74) is 3.18. The molecule has 0 aliphatic carbocycles. The van der Waals surface area contributed by atoms with E-state index in [-0.39, 0.29) is 11.8 Å². The lowest BCUT2D eigenvalue weighted by atomic mass is 9.97. The second kappa shape index (κ2) is 6.19. The van der Waals surface area contributed by atoms with Crippen molar-refractivity contribution in [3.8, 4) is 0 Å². The molecule has 2 rings (SSSR count). The van der Waals surface area contributed by atoms with Gasteiger partial charge in [-0.25, -0.2) is 0 Å². The average Bonchev–Trinajstić information content (AvgIpc) is 2.42. The molecule has 19 heavy (non-hydrogen) atoms. The van der Waals surface area contributed by atoms with Gasteiger partial charge in [0.2, 0.25) is 5.91 Å². The lowest BCUT2D eigenvalue weighted by molar-refractivity contribution is -0.116. The molecule has 0 aromatic heterocycles. The molecule has 0 unspecified atom stereocenters. The highest BCUT2D eigenvalue weighted by atomic mass is 16.1. The molecule has 0 heterocycles. The van der Waals surface area contributed by atoms with Gasteiger partial charge in [0.25, 0.3) is 0 Å². The van der Waals surface area contributed by atoms with E-state index in [0.29, 0.717) is 6.42 Å². The Morgan fingerprint density at radius 2 is 1.68 bits per heavy atom. The SMILES string of the molecule is Cc1ccccc1NC(=O)C[C@@H](C)c1ccccc1. The molecule has 0 aliphatic rings. The quantitative estimate of drug-likeness (QED) is 0.872. The number of nitrogens with one attached hydrogen (secondary N) is 1. The van der Waals surface area contributed by atoms with Crippen LogP contribution >= 0.6 is 0 Å². The zero-order valence-corrected chi connectivity index (χ0v) is 11.4. The first kappa shape index (κ1) is 13.3. The van der Waals surface area contributed by atoms with E-state index < -0.39 is 0 Å². The van der Waals surface area contributed by atoms with Gasteiger partial charge in [0.1, 0.15) is 0 Å². The number of rotatable bonds is 4. The fourth-order valence-electron chi connectivity index (χ4n) is 2.09. The molecule has 1 amide bonds. The predicted molar refractivity (Wildman–Crippen MR) is 79.3 cm³/mol. The normalized spacial score (nSPS) is 11.9. The third kappa shape index (κ3) is 3.68. The Kier molecular flexibility index (Phi) is 4.35. The standard InChI is InChI=1S/C17H19NO/c1-13-8-6-7-11-16(13)18-17(19)12-14(2)15-9-4-3-5-10-15/h3-11,14H,12H2,1-2H3,(H,18,19)/t14-/m1/s1. The molecule has 2 aromatic carbocycles. The van der Waals surface area contributed by atoms with Gasteiger partial charge in [0.05, 0.1) is 0 Å². The topological polar surface area (TPSA) is 29.1 Å². The Morgan fingerprint density at radius 1 is 1.05 bits per heavy atom. The Bertz CT molecular complexity index is 548. The van der Waals surface area contributed by atoms with Gasteiger partial charge in [0.15, 0.2) is 0 Å². The van der Waals surface area contributed by atoms with E-state index in [1.807, 2.05) is 49.4 Å². The van der Waals surface area contributed by atoms with Gasteiger partial charge in [-0.1, -0.05) is 55.5 Å². The summed E-state index contributed by atoms with van der Waals surface area (Å²) in [6.07, 6.45) is 0.498. The number of amides is 1. The molecular weight excluding hydrogens is 234 g/mol. The maximum absolute atomic E-state index is 12.0. The van der Waals surface area contributed by atoms with Gasteiger partial charge in [-0.2, -0.15) is 0 Å². The lowest BCUT2D eigenvalue weighted by Crippen LogP contribution is -2.15. The number of benzene rings is 2. The molecule has 0 radical (unpaired) electrons. The van der Waals surface area contributed by atoms with Crippen LogP contribution in [0.25, 0.3) is 0 Å². The third-order valence-electron chi connectivity index (χ3n) is 3.28. The minimum Gasteiger partial charge on any atom is -0.326 e. The Hall–Kier alpha value is -2.09. The van der Waals surface area contributed by atoms with Crippen molar-refractivity contribution < 1.29 is 4.79 Å². The Morgan fingerprint density at radius 3 is 2.37 bits per heavy atom. The van der Waals surface area contributed by atoms with Crippen LogP contribution in [0.4, 0.5) is 5.69 Å². The second-order valence-electron chi connectivity index (χ2n) is 4.88. The highest BCUT2D eigenvalue weighted by Gasteiger charge is 2.11. The fraction of sp³-hybridized carbons (Fsp3) is 0.235. The van der Waals surface area contributed by atoms with Crippen molar-refractivity contribution in [2.45, 2.75) is 26.2 Å². The van der Waals surface area contributed by atoms with Crippen molar-refractivity contribution in [2.75, 3.05) is 5.32 Å². The number of hydrogen-bond acceptors (Lipinski definition) is 1. The first-order chi connectivity index (χ1) is 9.16. The van der Waals surface area contributed by atoms with E-state index in [4.69, 9.17) is 0 Å². The average molecular weight is 253 g/mol. The molecule has 0 saturated carbocycles. The summed E-state index contributed by atoms with van der Waals surface area (Å²) in [6.45, 7) is 4.07. The van der Waals surface area contributed by atoms with E-state index in [1.165, 1.54) is 5.56 Å². The van der Waals surface area contributed by atoms with E-state index in [9.17, 15) is 4.79 Å². The summed E-state index contributed by atoms with van der Waals surface area (Å²) in [6, 6.07) is 18.0. The van der Waals surface area contributed by atoms with Crippen LogP contribution in [0.15, 0.2) is 54.6 Å². The van der Waals surface area contributed by atoms with Crippen LogP contribution in [-0.4, -0.2) is 5.91 Å². The highest BCUT2D eigenvalue weighted by Crippen LogP contribution is 2.20. The van der Waals surface area contributed by atoms with Crippen molar-refractivity contribution >= 4 is 11.6 Å². The molecule has 1 atom stereocenters. The van der Waals surface area contributed by atoms with Crippen LogP contribution < -0.4 is 5.32 Å². The second-order valence-corrected chi connectivity index (χ2v) is 4.88. The zero-order chi connectivity index (χ0) is 13.7. The van der Waals surface area contributed by atoms with Gasteiger partial charge in [-0.05, 0) is 30.0 Å². The largest absolute Gasteiger partial charge is 0.326 e. The third-order valence-corrected chi connectivity index (χ3v) is 3.28. The molecule has 0 fully saturated rings. The van der Waals surface area contributed by atoms with Crippen LogP contribution in [0.2, 0.25) is 0 Å². The van der Waals surface area contributed by atoms with Gasteiger partial charge < -0.3 is 5.32 Å². The molecule has 2 nitrogen and oxygen atoms in total. The summed E-state index contributed by atoms with van der Waals surface area (Å²) in [5.74, 6) is 0.288. The molecule has 0 saturated heterocycles. The summed E-state index contributed by atoms with van der Waals surface area (Å²) in [7, 11) is 0. The number of hydrogen-bond donors (Lipinski definition) is 1. The summed E-state index contributed by atoms with van der Waals surface area (Å²) >= 11 is 0. The van der Waals surface area contributed by atoms with Gasteiger partial charge in [0, 0.05) is 12.1 Å². The maximum Gasteiger partial charge on any atom is 0.224 e. The molecule has 0 aliphatic heterocycles. The number of aryl methyl sites for hydroxylation is 1. The number of para-hydroxylation sites is 1. The van der Waals surface area contributed by atoms with Crippen LogP contribution in [-0.2, 0) is 4.79 Å². The molecule has 2 aromatic rings.